The molecular weight excluding hydrogens is 1050 g/mol. The molecule has 4 fully saturated rings. The van der Waals surface area contributed by atoms with Crippen molar-refractivity contribution in [1.29, 1.82) is 0 Å². The summed E-state index contributed by atoms with van der Waals surface area (Å²) in [6, 6.07) is 9.05. The first-order chi connectivity index (χ1) is 39.0. The van der Waals surface area contributed by atoms with E-state index in [0.717, 1.165) is 64.2 Å². The van der Waals surface area contributed by atoms with Crippen LogP contribution >= 0.6 is 0 Å². The van der Waals surface area contributed by atoms with E-state index in [9.17, 15) is 47.1 Å². The van der Waals surface area contributed by atoms with Crippen LogP contribution in [0.4, 0.5) is 8.78 Å². The topological polar surface area (TPSA) is 241 Å². The molecule has 440 valence electrons. The highest BCUT2D eigenvalue weighted by Gasteiger charge is 2.39. The van der Waals surface area contributed by atoms with Crippen LogP contribution in [0.2, 0.25) is 0 Å². The van der Waals surface area contributed by atoms with Gasteiger partial charge < -0.3 is 65.4 Å². The summed E-state index contributed by atoms with van der Waals surface area (Å²) in [4.78, 5) is 116. The third-order valence-corrected chi connectivity index (χ3v) is 16.7. The molecule has 23 heteroatoms. The van der Waals surface area contributed by atoms with Crippen LogP contribution in [0.5, 0.6) is 0 Å². The van der Waals surface area contributed by atoms with Crippen LogP contribution in [0.1, 0.15) is 99.0 Å². The molecule has 2 saturated carbocycles. The summed E-state index contributed by atoms with van der Waals surface area (Å²) in [5.74, 6) is -3.34. The number of amides is 8. The van der Waals surface area contributed by atoms with Crippen LogP contribution in [0.15, 0.2) is 48.5 Å². The summed E-state index contributed by atoms with van der Waals surface area (Å²) in [5, 5.41) is 18.4. The van der Waals surface area contributed by atoms with Gasteiger partial charge in [-0.25, -0.2) is 8.78 Å². The minimum Gasteiger partial charge on any atom is -0.378 e. The first-order valence-electron chi connectivity index (χ1n) is 28.8. The van der Waals surface area contributed by atoms with Crippen molar-refractivity contribution in [3.05, 3.63) is 71.6 Å². The van der Waals surface area contributed by atoms with Crippen LogP contribution in [0, 0.1) is 23.5 Å². The zero-order valence-corrected chi connectivity index (χ0v) is 47.2. The summed E-state index contributed by atoms with van der Waals surface area (Å²) < 4.78 is 37.7. The van der Waals surface area contributed by atoms with E-state index in [4.69, 9.17) is 4.74 Å². The Bertz CT molecular complexity index is 2710. The monoisotopic (exact) mass is 1130 g/mol. The van der Waals surface area contributed by atoms with Gasteiger partial charge in [-0.1, -0.05) is 38.5 Å². The minimum atomic E-state index is -0.660. The molecule has 0 radical (unpaired) electrons. The number of nitrogens with zero attached hydrogens (tertiary/aromatic N) is 6. The van der Waals surface area contributed by atoms with Crippen molar-refractivity contribution in [1.82, 2.24) is 60.6 Å². The van der Waals surface area contributed by atoms with Crippen LogP contribution in [-0.2, 0) is 46.6 Å². The number of benzene rings is 2. The fourth-order valence-corrected chi connectivity index (χ4v) is 11.7. The van der Waals surface area contributed by atoms with Gasteiger partial charge in [0, 0.05) is 87.3 Å². The van der Waals surface area contributed by atoms with Crippen molar-refractivity contribution < 1.29 is 51.9 Å². The molecule has 81 heavy (non-hydrogen) atoms. The summed E-state index contributed by atoms with van der Waals surface area (Å²) in [5.41, 5.74) is 1.36. The van der Waals surface area contributed by atoms with E-state index in [-0.39, 0.29) is 150 Å². The highest BCUT2D eigenvalue weighted by atomic mass is 19.1. The summed E-state index contributed by atoms with van der Waals surface area (Å²) in [6.45, 7) is 5.28. The number of hydrogen-bond donors (Lipinski definition) is 6. The zero-order valence-electron chi connectivity index (χ0n) is 47.2. The number of hydrogen-bond acceptors (Lipinski definition) is 11. The Morgan fingerprint density at radius 3 is 1.23 bits per heavy atom. The number of likely N-dealkylation sites (N-methyl/N-ethyl adjacent to an activating group) is 2. The average molecular weight is 1130 g/mol. The van der Waals surface area contributed by atoms with Gasteiger partial charge in [-0.3, -0.25) is 38.4 Å². The second kappa shape index (κ2) is 28.1. The molecule has 4 unspecified atom stereocenters. The second-order valence-electron chi connectivity index (χ2n) is 22.0. The van der Waals surface area contributed by atoms with Crippen molar-refractivity contribution >= 4 is 69.1 Å². The molecule has 8 rings (SSSR count). The van der Waals surface area contributed by atoms with E-state index in [0.29, 0.717) is 21.8 Å². The van der Waals surface area contributed by atoms with E-state index in [1.807, 2.05) is 0 Å². The number of rotatable bonds is 22. The largest absolute Gasteiger partial charge is 0.378 e. The lowest BCUT2D eigenvalue weighted by Crippen LogP contribution is -2.59. The maximum Gasteiger partial charge on any atom is 0.270 e. The van der Waals surface area contributed by atoms with Gasteiger partial charge in [-0.15, -0.1) is 0 Å². The molecular formula is C58H80F2N12O9. The molecule has 8 amide bonds. The number of nitrogens with one attached hydrogen (secondary N) is 6. The van der Waals surface area contributed by atoms with Gasteiger partial charge in [0.1, 0.15) is 48.2 Å². The molecule has 21 nitrogen and oxygen atoms in total. The Labute approximate surface area is 471 Å². The molecule has 2 saturated heterocycles. The third kappa shape index (κ3) is 14.9. The maximum absolute atomic E-state index is 14.5. The average Bonchev–Trinajstić information content (AvgIpc) is 4.11. The first kappa shape index (κ1) is 60.1. The molecule has 0 bridgehead atoms. The predicted molar refractivity (Wildman–Crippen MR) is 300 cm³/mol. The Kier molecular flexibility index (Phi) is 20.9. The number of ether oxygens (including phenoxy) is 1. The van der Waals surface area contributed by atoms with Gasteiger partial charge in [0.25, 0.3) is 11.8 Å². The Morgan fingerprint density at radius 1 is 0.519 bits per heavy atom. The minimum absolute atomic E-state index is 0.0258. The van der Waals surface area contributed by atoms with Crippen LogP contribution in [0.25, 0.3) is 21.8 Å². The number of carbonyl (C=O) groups is 8. The van der Waals surface area contributed by atoms with Crippen molar-refractivity contribution in [2.75, 3.05) is 92.8 Å². The van der Waals surface area contributed by atoms with Crippen LogP contribution in [0.3, 0.4) is 0 Å². The Morgan fingerprint density at radius 2 is 0.877 bits per heavy atom. The van der Waals surface area contributed by atoms with E-state index >= 15 is 0 Å². The molecule has 4 atom stereocenters. The summed E-state index contributed by atoms with van der Waals surface area (Å²) >= 11 is 0. The lowest BCUT2D eigenvalue weighted by Gasteiger charge is -2.39. The normalized spacial score (nSPS) is 18.0. The van der Waals surface area contributed by atoms with E-state index in [1.54, 1.807) is 68.8 Å². The van der Waals surface area contributed by atoms with E-state index in [1.165, 1.54) is 36.4 Å². The second-order valence-corrected chi connectivity index (χ2v) is 22.0. The number of fused-ring (bicyclic) bond motifs is 2. The molecule has 4 aromatic rings. The summed E-state index contributed by atoms with van der Waals surface area (Å²) in [7, 11) is 3.38. The fourth-order valence-electron chi connectivity index (χ4n) is 11.7. The number of halogens is 2. The lowest BCUT2D eigenvalue weighted by atomic mass is 9.83. The van der Waals surface area contributed by atoms with Crippen LogP contribution in [-0.4, -0.2) is 193 Å². The van der Waals surface area contributed by atoms with Crippen molar-refractivity contribution in [3.8, 4) is 0 Å². The van der Waals surface area contributed by atoms with Gasteiger partial charge in [0.2, 0.25) is 35.4 Å². The molecule has 6 N–H and O–H groups in total. The Hall–Kier alpha value is -6.98. The molecule has 4 heterocycles. The molecule has 2 aliphatic heterocycles. The highest BCUT2D eigenvalue weighted by Crippen LogP contribution is 2.31. The quantitative estimate of drug-likeness (QED) is 0.0626. The molecule has 2 aliphatic carbocycles. The molecule has 2 aromatic heterocycles. The maximum atomic E-state index is 14.5. The highest BCUT2D eigenvalue weighted by molar-refractivity contribution is 6.01. The molecule has 2 aromatic carbocycles. The number of aromatic nitrogens is 2. The van der Waals surface area contributed by atoms with Gasteiger partial charge in [0.15, 0.2) is 0 Å². The predicted octanol–water partition coefficient (Wildman–Crippen LogP) is 2.74. The standard InChI is InChI=1S/C58H80F2N12O9/c1-37(61-3)53(75)65-51(39-11-7-5-8-12-39)57(79)69-25-21-67(22-26-69)55(77)47-33-41-31-43(59)15-17-45(41)71(47)35-49(73)63-19-29-81-30-20-64-50(74)36-72-46-18-16-44(60)32-42(46)34-48(72)56(78)68-23-27-70(28-24-68)58(80)52(40-13-9-6-10-14-40)66-54(76)38(2)62-4/h15-18,31-34,37-40,51-52,61-62H,5-14,19-30,35-36H2,1-4H3,(H,63,73)(H,64,74)(H,65,75)(H,66,76). The van der Waals surface area contributed by atoms with Crippen LogP contribution < -0.4 is 31.9 Å². The van der Waals surface area contributed by atoms with Gasteiger partial charge in [0.05, 0.1) is 25.3 Å². The zero-order chi connectivity index (χ0) is 57.7. The van der Waals surface area contributed by atoms with Crippen molar-refractivity contribution in [2.45, 2.75) is 115 Å². The molecule has 4 aliphatic rings. The van der Waals surface area contributed by atoms with E-state index < -0.39 is 47.6 Å². The smallest absolute Gasteiger partial charge is 0.270 e. The van der Waals surface area contributed by atoms with Gasteiger partial charge >= 0.3 is 0 Å². The number of piperazine rings is 2. The molecule has 0 spiro atoms. The van der Waals surface area contributed by atoms with Gasteiger partial charge in [-0.2, -0.15) is 0 Å². The van der Waals surface area contributed by atoms with Gasteiger partial charge in [-0.05, 0) is 114 Å². The lowest BCUT2D eigenvalue weighted by molar-refractivity contribution is -0.140. The Balaban J connectivity index is 0.802. The van der Waals surface area contributed by atoms with Crippen molar-refractivity contribution in [2.24, 2.45) is 11.8 Å². The number of carbonyl (C=O) groups excluding carboxylic acids is 8. The summed E-state index contributed by atoms with van der Waals surface area (Å²) in [6.07, 6.45) is 9.55. The van der Waals surface area contributed by atoms with Crippen molar-refractivity contribution in [3.63, 3.8) is 0 Å². The fraction of sp³-hybridized carbons (Fsp3) is 0.586. The van der Waals surface area contributed by atoms with E-state index in [2.05, 4.69) is 31.9 Å². The SMILES string of the molecule is CNC(C)C(=O)NC(C(=O)N1CCN(C(=O)c2cc3cc(F)ccc3n2CC(=O)NCCOCCNC(=O)Cn2c(C(=O)N3CCN(C(=O)C(NC(=O)C(C)NC)C4CCCCC4)CC3)cc3cc(F)ccc32)CC1)C1CCCCC1. The first-order valence-corrected chi connectivity index (χ1v) is 28.8. The third-order valence-electron chi connectivity index (χ3n) is 16.7.